The molecule has 22 heteroatoms. The molecule has 7 atom stereocenters. The highest BCUT2D eigenvalue weighted by Gasteiger charge is 2.45. The van der Waals surface area contributed by atoms with E-state index in [0.717, 1.165) is 0 Å². The van der Waals surface area contributed by atoms with E-state index in [9.17, 15) is 22.6 Å². The van der Waals surface area contributed by atoms with Crippen molar-refractivity contribution in [3.63, 3.8) is 0 Å². The molecule has 0 radical (unpaired) electrons. The Hall–Kier alpha value is -3.30. The van der Waals surface area contributed by atoms with E-state index < -0.39 is 53.1 Å². The minimum Gasteiger partial charge on any atom is -0.349 e. The number of thiol groups is 1. The molecular weight excluding hydrogens is 679 g/mol. The van der Waals surface area contributed by atoms with Gasteiger partial charge in [-0.25, -0.2) is 28.7 Å². The summed E-state index contributed by atoms with van der Waals surface area (Å²) < 4.78 is 69.1. The number of nitrogens with one attached hydrogen (secondary N) is 3. The second kappa shape index (κ2) is 12.3. The zero-order valence-electron chi connectivity index (χ0n) is 25.0. The van der Waals surface area contributed by atoms with Crippen LogP contribution >= 0.6 is 19.0 Å². The molecule has 3 fully saturated rings. The third-order valence-corrected chi connectivity index (χ3v) is 11.0. The molecule has 2 aliphatic heterocycles. The highest BCUT2D eigenvalue weighted by molar-refractivity contribution is 8.44. The van der Waals surface area contributed by atoms with Crippen LogP contribution in [0.5, 0.6) is 0 Å². The average Bonchev–Trinajstić information content (AvgIpc) is 3.79. The van der Waals surface area contributed by atoms with Crippen LogP contribution in [-0.2, 0) is 37.6 Å². The molecule has 7 rings (SSSR count). The number of carbonyl (C=O) groups excluding carboxylic acids is 1. The van der Waals surface area contributed by atoms with Crippen LogP contribution in [0.25, 0.3) is 22.3 Å². The van der Waals surface area contributed by atoms with Gasteiger partial charge in [-0.2, -0.15) is 18.1 Å². The molecule has 6 heterocycles. The average molecular weight is 711 g/mol. The van der Waals surface area contributed by atoms with E-state index in [1.165, 1.54) is 17.2 Å². The van der Waals surface area contributed by atoms with Crippen molar-refractivity contribution < 1.29 is 35.7 Å². The largest absolute Gasteiger partial charge is 0.386 e. The molecule has 0 spiro atoms. The molecule has 47 heavy (non-hydrogen) atoms. The number of hydrogen-bond donors (Lipinski definition) is 4. The number of aromatic nitrogens is 8. The first-order chi connectivity index (χ1) is 22.4. The summed E-state index contributed by atoms with van der Waals surface area (Å²) in [5, 5.41) is 2.54. The van der Waals surface area contributed by atoms with Crippen molar-refractivity contribution in [1.29, 1.82) is 0 Å². The summed E-state index contributed by atoms with van der Waals surface area (Å²) in [7, 11) is -4.38. The van der Waals surface area contributed by atoms with Gasteiger partial charge in [-0.1, -0.05) is 26.1 Å². The fourth-order valence-electron chi connectivity index (χ4n) is 6.05. The summed E-state index contributed by atoms with van der Waals surface area (Å²) in [5.41, 5.74) is 0.510. The fourth-order valence-corrected chi connectivity index (χ4v) is 8.62. The maximum Gasteiger partial charge on any atom is 0.386 e. The van der Waals surface area contributed by atoms with Crippen LogP contribution in [0.2, 0.25) is 0 Å². The molecule has 1 amide bonds. The third-order valence-electron chi connectivity index (χ3n) is 8.32. The maximum atomic E-state index is 13.5. The normalized spacial score (nSPS) is 31.3. The summed E-state index contributed by atoms with van der Waals surface area (Å²) in [6.45, 7) is -0.988. The number of H-pyrrole nitrogens is 1. The minimum atomic E-state index is -4.38. The zero-order chi connectivity index (χ0) is 33.1. The summed E-state index contributed by atoms with van der Waals surface area (Å²) in [6.07, 6.45) is 2.86. The van der Waals surface area contributed by atoms with Gasteiger partial charge in [-0.05, 0) is 12.8 Å². The zero-order valence-corrected chi connectivity index (χ0v) is 27.6. The van der Waals surface area contributed by atoms with Gasteiger partial charge in [0.25, 0.3) is 5.56 Å². The topological polar surface area (TPSA) is 236 Å². The van der Waals surface area contributed by atoms with Crippen LogP contribution in [0, 0.1) is 11.8 Å². The van der Waals surface area contributed by atoms with Gasteiger partial charge in [-0.15, -0.1) is 0 Å². The van der Waals surface area contributed by atoms with Crippen molar-refractivity contribution in [1.82, 2.24) is 43.8 Å². The van der Waals surface area contributed by atoms with Crippen LogP contribution < -0.4 is 15.6 Å². The molecule has 4 aromatic heterocycles. The molecule has 19 nitrogen and oxygen atoms in total. The number of fused-ring (bicyclic) bond motifs is 5. The fraction of sp³-hybridized carbons (Fsp3) is 0.560. The Morgan fingerprint density at radius 2 is 1.94 bits per heavy atom. The first kappa shape index (κ1) is 32.3. The van der Waals surface area contributed by atoms with Gasteiger partial charge in [0.05, 0.1) is 37.7 Å². The van der Waals surface area contributed by atoms with Crippen molar-refractivity contribution >= 4 is 63.5 Å². The van der Waals surface area contributed by atoms with Crippen molar-refractivity contribution in [2.24, 2.45) is 11.8 Å². The van der Waals surface area contributed by atoms with Crippen molar-refractivity contribution in [3.05, 3.63) is 35.5 Å². The number of aromatic amines is 1. The monoisotopic (exact) mass is 710 g/mol. The van der Waals surface area contributed by atoms with Crippen LogP contribution in [0.1, 0.15) is 45.4 Å². The number of rotatable bonds is 4. The summed E-state index contributed by atoms with van der Waals surface area (Å²) >= 11 is 4.22. The van der Waals surface area contributed by atoms with E-state index in [1.807, 2.05) is 4.57 Å². The summed E-state index contributed by atoms with van der Waals surface area (Å²) in [4.78, 5) is 48.6. The Balaban J connectivity index is 1.16. The number of ether oxygens (including phenoxy) is 1. The minimum absolute atomic E-state index is 0.0103. The highest BCUT2D eigenvalue weighted by Crippen LogP contribution is 2.57. The van der Waals surface area contributed by atoms with E-state index in [4.69, 9.17) is 18.0 Å². The smallest absolute Gasteiger partial charge is 0.349 e. The summed E-state index contributed by atoms with van der Waals surface area (Å²) in [6, 6.07) is -0.208. The van der Waals surface area contributed by atoms with Gasteiger partial charge >= 0.3 is 17.1 Å². The Labute approximate surface area is 272 Å². The third kappa shape index (κ3) is 6.58. The molecule has 252 valence electrons. The first-order valence-corrected chi connectivity index (χ1v) is 18.9. The molecule has 3 N–H and O–H groups in total. The van der Waals surface area contributed by atoms with Crippen molar-refractivity contribution in [3.8, 4) is 0 Å². The Kier molecular flexibility index (Phi) is 8.44. The van der Waals surface area contributed by atoms with E-state index in [0.29, 0.717) is 24.0 Å². The highest BCUT2D eigenvalue weighted by atomic mass is 32.7. The van der Waals surface area contributed by atoms with E-state index in [-0.39, 0.29) is 54.6 Å². The number of nitrogens with zero attached hydrogens (tertiary/aromatic N) is 7. The van der Waals surface area contributed by atoms with Gasteiger partial charge < -0.3 is 9.30 Å². The van der Waals surface area contributed by atoms with Crippen LogP contribution in [0.4, 0.5) is 5.95 Å². The molecule has 2 bridgehead atoms. The standard InChI is InChI=1S/C25H31N10O9PS2/c1-12(2)22(36)32-25-31-21-19(23(37)33-25)29-11-35(21)24-18-5-15(42-24)8-41-45(38,46)43-17-4-14(3-13(17)6-30-47(39,40)44-18)34-10-28-16-7-26-9-27-20(16)34/h7,9-15,17-18,24,30H,3-6,8H2,1-2H3,(H,38,46)(H2,31,32,33,36,37)/t13-,14-,15+,17+,18-,24-,45+/m1/s1. The van der Waals surface area contributed by atoms with E-state index in [2.05, 4.69) is 52.2 Å². The summed E-state index contributed by atoms with van der Waals surface area (Å²) in [5.74, 6) is -1.34. The second-order valence-electron chi connectivity index (χ2n) is 11.9. The van der Waals surface area contributed by atoms with E-state index in [1.54, 1.807) is 26.4 Å². The van der Waals surface area contributed by atoms with Gasteiger partial charge in [0, 0.05) is 30.8 Å². The van der Waals surface area contributed by atoms with Gasteiger partial charge in [0.1, 0.15) is 17.9 Å². The van der Waals surface area contributed by atoms with Crippen LogP contribution in [-0.4, -0.2) is 84.8 Å². The van der Waals surface area contributed by atoms with Gasteiger partial charge in [0.2, 0.25) is 11.9 Å². The quantitative estimate of drug-likeness (QED) is 0.173. The lowest BCUT2D eigenvalue weighted by molar-refractivity contribution is -0.118. The Bertz CT molecular complexity index is 2050. The lowest BCUT2D eigenvalue weighted by Gasteiger charge is -2.25. The molecule has 1 aliphatic carbocycles. The second-order valence-corrected chi connectivity index (χ2v) is 16.1. The predicted octanol–water partition coefficient (Wildman–Crippen LogP) is 1.47. The number of carbonyl (C=O) groups is 1. The van der Waals surface area contributed by atoms with E-state index >= 15 is 0 Å². The molecule has 0 aromatic carbocycles. The maximum absolute atomic E-state index is 13.5. The first-order valence-electron chi connectivity index (χ1n) is 14.7. The molecule has 4 aromatic rings. The van der Waals surface area contributed by atoms with Gasteiger partial charge in [0.15, 0.2) is 23.0 Å². The lowest BCUT2D eigenvalue weighted by atomic mass is 10.1. The number of amides is 1. The van der Waals surface area contributed by atoms with Crippen LogP contribution in [0.15, 0.2) is 30.0 Å². The van der Waals surface area contributed by atoms with Gasteiger partial charge in [-0.3, -0.25) is 33.5 Å². The number of imidazole rings is 2. The Morgan fingerprint density at radius 1 is 1.13 bits per heavy atom. The molecule has 2 saturated heterocycles. The molecule has 3 aliphatic rings. The molecular formula is C25H31N10O9PS2. The molecule has 1 saturated carbocycles. The number of hydrogen-bond acceptors (Lipinski definition) is 14. The van der Waals surface area contributed by atoms with Crippen molar-refractivity contribution in [2.45, 2.75) is 63.7 Å². The van der Waals surface area contributed by atoms with Crippen LogP contribution in [0.3, 0.4) is 0 Å². The lowest BCUT2D eigenvalue weighted by Crippen LogP contribution is -2.37. The molecule has 0 unspecified atom stereocenters. The SMILES string of the molecule is CC(C)C(=O)Nc1nc2c(ncn2[C@@H]2O[C@@H]3CO[P@](=O)(S)O[C@H]4C[C@H](n5cnc6cncnc65)C[C@@H]4CNS(=O)(=O)O[C@@H]2C3)c(=O)[nH]1. The Morgan fingerprint density at radius 3 is 2.74 bits per heavy atom. The predicted molar refractivity (Wildman–Crippen MR) is 166 cm³/mol. The van der Waals surface area contributed by atoms with Crippen molar-refractivity contribution in [2.75, 3.05) is 18.5 Å². The number of anilines is 1.